The Morgan fingerprint density at radius 3 is 2.64 bits per heavy atom. The number of carbonyl (C=O) groups excluding carboxylic acids is 1. The van der Waals surface area contributed by atoms with Crippen LogP contribution in [-0.4, -0.2) is 70.3 Å². The van der Waals surface area contributed by atoms with Crippen LogP contribution in [0.4, 0.5) is 17.6 Å². The second-order valence-electron chi connectivity index (χ2n) is 11.3. The fraction of sp³-hybridized carbons (Fsp3) is 0.640. The van der Waals surface area contributed by atoms with Gasteiger partial charge >= 0.3 is 6.18 Å². The van der Waals surface area contributed by atoms with Crippen LogP contribution in [0.1, 0.15) is 57.8 Å². The minimum absolute atomic E-state index is 0.0849. The first-order valence-electron chi connectivity index (χ1n) is 12.6. The average Bonchev–Trinajstić information content (AvgIpc) is 3.32. The van der Waals surface area contributed by atoms with Gasteiger partial charge in [-0.1, -0.05) is 0 Å². The summed E-state index contributed by atoms with van der Waals surface area (Å²) in [6, 6.07) is 0.481. The Morgan fingerprint density at radius 2 is 2.05 bits per heavy atom. The van der Waals surface area contributed by atoms with Crippen molar-refractivity contribution in [3.05, 3.63) is 29.3 Å². The number of nitrogens with zero attached hydrogens (tertiary/aromatic N) is 3. The lowest BCUT2D eigenvalue weighted by atomic mass is 9.84. The summed E-state index contributed by atoms with van der Waals surface area (Å²) < 4.78 is 79.2. The highest BCUT2D eigenvalue weighted by Crippen LogP contribution is 2.50. The van der Waals surface area contributed by atoms with Gasteiger partial charge < -0.3 is 15.2 Å². The van der Waals surface area contributed by atoms with Crippen LogP contribution >= 0.6 is 10.6 Å². The van der Waals surface area contributed by atoms with Crippen molar-refractivity contribution in [2.45, 2.75) is 76.7 Å². The predicted molar refractivity (Wildman–Crippen MR) is 137 cm³/mol. The summed E-state index contributed by atoms with van der Waals surface area (Å²) in [7, 11) is -2.73. The van der Waals surface area contributed by atoms with Gasteiger partial charge in [0.2, 0.25) is 11.8 Å². The molecular formula is C25H34F4N4O5S. The van der Waals surface area contributed by atoms with Crippen LogP contribution < -0.4 is 10.1 Å². The van der Waals surface area contributed by atoms with Crippen molar-refractivity contribution in [2.24, 2.45) is 5.92 Å². The molecule has 0 bridgehead atoms. The summed E-state index contributed by atoms with van der Waals surface area (Å²) in [6.45, 7) is 5.11. The number of aromatic nitrogens is 3. The van der Waals surface area contributed by atoms with Gasteiger partial charge in [-0.25, -0.2) is 9.37 Å². The first-order chi connectivity index (χ1) is 17.9. The molecule has 1 saturated heterocycles. The molecule has 2 aliphatic rings. The summed E-state index contributed by atoms with van der Waals surface area (Å²) >= 11 is 0. The van der Waals surface area contributed by atoms with E-state index in [0.29, 0.717) is 30.5 Å². The molecule has 2 aromatic heterocycles. The van der Waals surface area contributed by atoms with Crippen molar-refractivity contribution < 1.29 is 41.3 Å². The van der Waals surface area contributed by atoms with E-state index >= 15 is 0 Å². The number of halogens is 4. The van der Waals surface area contributed by atoms with Gasteiger partial charge in [-0.2, -0.15) is 28.9 Å². The fourth-order valence-corrected chi connectivity index (χ4v) is 7.23. The highest BCUT2D eigenvalue weighted by molar-refractivity contribution is 8.24. The third kappa shape index (κ3) is 6.67. The summed E-state index contributed by atoms with van der Waals surface area (Å²) in [5.41, 5.74) is -0.644. The van der Waals surface area contributed by atoms with Crippen LogP contribution in [0, 0.1) is 11.7 Å². The molecule has 1 amide bonds. The maximum absolute atomic E-state index is 14.9. The number of carbonyl (C=O) groups is 1. The van der Waals surface area contributed by atoms with Crippen LogP contribution in [0.5, 0.6) is 5.88 Å². The Morgan fingerprint density at radius 1 is 1.36 bits per heavy atom. The Hall–Kier alpha value is -2.42. The van der Waals surface area contributed by atoms with Crippen molar-refractivity contribution in [1.82, 2.24) is 20.1 Å². The zero-order chi connectivity index (χ0) is 29.0. The molecule has 3 heterocycles. The molecule has 1 fully saturated rings. The van der Waals surface area contributed by atoms with Crippen LogP contribution in [0.3, 0.4) is 0 Å². The number of ether oxygens (including phenoxy) is 1. The van der Waals surface area contributed by atoms with Gasteiger partial charge in [0.15, 0.2) is 12.4 Å². The van der Waals surface area contributed by atoms with Gasteiger partial charge in [0.1, 0.15) is 0 Å². The zero-order valence-corrected chi connectivity index (χ0v) is 23.0. The SMILES string of the molecule is CC(n1nc(-c2cc(OCC(F)(F)F)ncc2F)c2c1C[C@H](C(=O)NC1(C)CCS(O)(O)C1)CC2)C(C)(C)O. The van der Waals surface area contributed by atoms with Gasteiger partial charge in [-0.15, -0.1) is 0 Å². The minimum atomic E-state index is -4.60. The third-order valence-corrected chi connectivity index (χ3v) is 9.44. The quantitative estimate of drug-likeness (QED) is 0.356. The Labute approximate surface area is 225 Å². The lowest BCUT2D eigenvalue weighted by molar-refractivity contribution is -0.154. The first kappa shape index (κ1) is 29.6. The topological polar surface area (TPSA) is 130 Å². The van der Waals surface area contributed by atoms with E-state index in [1.165, 1.54) is 0 Å². The molecule has 9 nitrogen and oxygen atoms in total. The van der Waals surface area contributed by atoms with Crippen LogP contribution in [-0.2, 0) is 17.6 Å². The molecule has 4 N–H and O–H groups in total. The molecule has 0 spiro atoms. The molecule has 39 heavy (non-hydrogen) atoms. The van der Waals surface area contributed by atoms with Crippen LogP contribution in [0.15, 0.2) is 12.3 Å². The van der Waals surface area contributed by atoms with E-state index in [9.17, 15) is 36.6 Å². The summed E-state index contributed by atoms with van der Waals surface area (Å²) in [5, 5.41) is 18.3. The minimum Gasteiger partial charge on any atom is -0.468 e. The van der Waals surface area contributed by atoms with Crippen molar-refractivity contribution in [2.75, 3.05) is 18.1 Å². The number of fused-ring (bicyclic) bond motifs is 1. The second-order valence-corrected chi connectivity index (χ2v) is 13.6. The molecule has 2 unspecified atom stereocenters. The number of rotatable bonds is 7. The predicted octanol–water partition coefficient (Wildman–Crippen LogP) is 4.49. The number of hydrogen-bond acceptors (Lipinski definition) is 7. The van der Waals surface area contributed by atoms with Gasteiger partial charge in [-0.3, -0.25) is 18.6 Å². The molecule has 14 heteroatoms. The first-order valence-corrected chi connectivity index (χ1v) is 14.5. The van der Waals surface area contributed by atoms with E-state index < -0.39 is 58.2 Å². The smallest absolute Gasteiger partial charge is 0.422 e. The third-order valence-electron chi connectivity index (χ3n) is 7.49. The fourth-order valence-electron chi connectivity index (χ4n) is 5.07. The monoisotopic (exact) mass is 578 g/mol. The Balaban J connectivity index is 1.67. The van der Waals surface area contributed by atoms with Gasteiger partial charge in [0.25, 0.3) is 0 Å². The number of aliphatic hydroxyl groups is 1. The van der Waals surface area contributed by atoms with Crippen molar-refractivity contribution in [1.29, 1.82) is 0 Å². The lowest BCUT2D eigenvalue weighted by Crippen LogP contribution is -2.49. The Kier molecular flexibility index (Phi) is 7.73. The number of amides is 1. The highest BCUT2D eigenvalue weighted by Gasteiger charge is 2.42. The number of nitrogens with one attached hydrogen (secondary N) is 1. The standard InChI is InChI=1S/C25H34F4N4O5S/c1-14(23(2,3)35)33-19-9-15(22(34)31-24(4)7-8-39(36,37)13-24)5-6-16(19)21(32-33)17-10-20(30-11-18(17)26)38-12-25(27,28)29/h10-11,14-15,35-37H,5-9,12-13H2,1-4H3,(H,31,34)/t14?,15-,24?/m1/s1. The lowest BCUT2D eigenvalue weighted by Gasteiger charge is -2.33. The molecule has 3 atom stereocenters. The zero-order valence-electron chi connectivity index (χ0n) is 22.2. The van der Waals surface area contributed by atoms with Gasteiger partial charge in [0.05, 0.1) is 34.8 Å². The van der Waals surface area contributed by atoms with E-state index in [2.05, 4.69) is 15.4 Å². The molecule has 2 aromatic rings. The maximum atomic E-state index is 14.9. The molecule has 1 aliphatic carbocycles. The average molecular weight is 579 g/mol. The van der Waals surface area contributed by atoms with Crippen molar-refractivity contribution in [3.63, 3.8) is 0 Å². The molecule has 218 valence electrons. The maximum Gasteiger partial charge on any atom is 0.422 e. The van der Waals surface area contributed by atoms with Crippen LogP contribution in [0.25, 0.3) is 11.3 Å². The van der Waals surface area contributed by atoms with E-state index in [1.54, 1.807) is 32.4 Å². The number of pyridine rings is 1. The molecule has 1 aliphatic heterocycles. The highest BCUT2D eigenvalue weighted by atomic mass is 32.3. The molecule has 0 saturated carbocycles. The van der Waals surface area contributed by atoms with Crippen LogP contribution in [0.2, 0.25) is 0 Å². The molecular weight excluding hydrogens is 544 g/mol. The second kappa shape index (κ2) is 10.2. The molecule has 4 rings (SSSR count). The molecule has 0 radical (unpaired) electrons. The van der Waals surface area contributed by atoms with E-state index in [1.807, 2.05) is 0 Å². The number of alkyl halides is 3. The van der Waals surface area contributed by atoms with Gasteiger partial charge in [-0.05, 0) is 47.0 Å². The van der Waals surface area contributed by atoms with E-state index in [-0.39, 0.29) is 35.1 Å². The molecule has 0 aromatic carbocycles. The van der Waals surface area contributed by atoms with Gasteiger partial charge in [0, 0.05) is 41.0 Å². The van der Waals surface area contributed by atoms with E-state index in [4.69, 9.17) is 4.74 Å². The van der Waals surface area contributed by atoms with E-state index in [0.717, 1.165) is 12.3 Å². The Bertz CT molecular complexity index is 1250. The summed E-state index contributed by atoms with van der Waals surface area (Å²) in [4.78, 5) is 16.9. The van der Waals surface area contributed by atoms with Crippen molar-refractivity contribution >= 4 is 16.5 Å². The summed E-state index contributed by atoms with van der Waals surface area (Å²) in [6.07, 6.45) is -2.43. The largest absolute Gasteiger partial charge is 0.468 e. The van der Waals surface area contributed by atoms with Crippen molar-refractivity contribution in [3.8, 4) is 17.1 Å². The normalized spacial score (nSPS) is 24.6. The number of hydrogen-bond donors (Lipinski definition) is 4. The summed E-state index contributed by atoms with van der Waals surface area (Å²) in [5.74, 6) is -1.63.